The van der Waals surface area contributed by atoms with Gasteiger partial charge in [0.05, 0.1) is 16.6 Å². The van der Waals surface area contributed by atoms with Crippen molar-refractivity contribution in [2.75, 3.05) is 4.90 Å². The van der Waals surface area contributed by atoms with E-state index in [0.717, 1.165) is 88.8 Å². The first-order chi connectivity index (χ1) is 26.8. The summed E-state index contributed by atoms with van der Waals surface area (Å²) in [5, 5.41) is 4.34. The lowest BCUT2D eigenvalue weighted by atomic mass is 10.0. The fourth-order valence-electron chi connectivity index (χ4n) is 8.18. The second-order valence-corrected chi connectivity index (χ2v) is 13.7. The Bertz CT molecular complexity index is 3150. The summed E-state index contributed by atoms with van der Waals surface area (Å²) in [6, 6.07) is 68.3. The second-order valence-electron chi connectivity index (χ2n) is 13.7. The van der Waals surface area contributed by atoms with Gasteiger partial charge in [-0.05, 0) is 89.5 Å². The summed E-state index contributed by atoms with van der Waals surface area (Å²) in [4.78, 5) is 2.35. The van der Waals surface area contributed by atoms with Crippen molar-refractivity contribution in [3.05, 3.63) is 194 Å². The number of aromatic nitrogens is 1. The molecule has 0 aliphatic carbocycles. The molecule has 54 heavy (non-hydrogen) atoms. The highest BCUT2D eigenvalue weighted by Crippen LogP contribution is 2.46. The van der Waals surface area contributed by atoms with Crippen LogP contribution in [0.25, 0.3) is 82.9 Å². The summed E-state index contributed by atoms with van der Waals surface area (Å²) in [6.45, 7) is 0. The van der Waals surface area contributed by atoms with Crippen LogP contribution >= 0.6 is 0 Å². The Morgan fingerprint density at radius 2 is 1.06 bits per heavy atom. The molecule has 3 heterocycles. The quantitative estimate of drug-likeness (QED) is 0.174. The standard InChI is InChI=1S/C50H32N2O2/c1-3-14-33(15-4-1)34-28-30-37(31-29-34)51(44-25-13-27-46-47(44)41-21-8-10-26-45(41)53-46)38-19-11-16-35(32-38)39-22-12-23-42-48-50(54-49(39)42)40-20-7-9-24-43(40)52(48)36-17-5-2-6-18-36/h1-32H. The summed E-state index contributed by atoms with van der Waals surface area (Å²) in [6.07, 6.45) is 0. The summed E-state index contributed by atoms with van der Waals surface area (Å²) in [7, 11) is 0. The first kappa shape index (κ1) is 30.3. The molecule has 11 aromatic rings. The zero-order valence-electron chi connectivity index (χ0n) is 29.2. The second kappa shape index (κ2) is 12.1. The molecule has 0 aliphatic heterocycles. The van der Waals surface area contributed by atoms with Gasteiger partial charge in [-0.3, -0.25) is 0 Å². The first-order valence-electron chi connectivity index (χ1n) is 18.3. The Morgan fingerprint density at radius 3 is 1.91 bits per heavy atom. The van der Waals surface area contributed by atoms with Crippen LogP contribution in [0, 0.1) is 0 Å². The van der Waals surface area contributed by atoms with Gasteiger partial charge in [0.1, 0.15) is 22.3 Å². The Labute approximate surface area is 311 Å². The third kappa shape index (κ3) is 4.70. The molecule has 0 unspecified atom stereocenters. The molecule has 3 aromatic heterocycles. The highest BCUT2D eigenvalue weighted by Gasteiger charge is 2.23. The Balaban J connectivity index is 1.12. The third-order valence-corrected chi connectivity index (χ3v) is 10.6. The number of hydrogen-bond acceptors (Lipinski definition) is 3. The average Bonchev–Trinajstić information content (AvgIpc) is 3.91. The molecule has 0 fully saturated rings. The molecule has 0 N–H and O–H groups in total. The van der Waals surface area contributed by atoms with E-state index in [4.69, 9.17) is 8.83 Å². The van der Waals surface area contributed by atoms with Crippen molar-refractivity contribution >= 4 is 72.0 Å². The van der Waals surface area contributed by atoms with E-state index in [9.17, 15) is 0 Å². The van der Waals surface area contributed by atoms with Crippen molar-refractivity contribution in [3.8, 4) is 27.9 Å². The number of anilines is 3. The van der Waals surface area contributed by atoms with Crippen LogP contribution in [0.3, 0.4) is 0 Å². The number of hydrogen-bond donors (Lipinski definition) is 0. The van der Waals surface area contributed by atoms with Gasteiger partial charge in [-0.25, -0.2) is 0 Å². The van der Waals surface area contributed by atoms with E-state index < -0.39 is 0 Å². The van der Waals surface area contributed by atoms with Crippen molar-refractivity contribution < 1.29 is 8.83 Å². The molecule has 0 saturated carbocycles. The molecule has 0 spiro atoms. The van der Waals surface area contributed by atoms with Crippen LogP contribution in [-0.4, -0.2) is 4.57 Å². The van der Waals surface area contributed by atoms with Gasteiger partial charge in [-0.2, -0.15) is 0 Å². The van der Waals surface area contributed by atoms with Gasteiger partial charge in [0.15, 0.2) is 5.58 Å². The average molecular weight is 693 g/mol. The third-order valence-electron chi connectivity index (χ3n) is 10.6. The maximum absolute atomic E-state index is 6.93. The molecule has 0 bridgehead atoms. The van der Waals surface area contributed by atoms with E-state index >= 15 is 0 Å². The van der Waals surface area contributed by atoms with Gasteiger partial charge in [0.2, 0.25) is 0 Å². The van der Waals surface area contributed by atoms with E-state index in [1.807, 2.05) is 12.1 Å². The molecule has 11 rings (SSSR count). The molecule has 0 aliphatic rings. The largest absolute Gasteiger partial charge is 0.456 e. The summed E-state index contributed by atoms with van der Waals surface area (Å²) in [5.41, 5.74) is 14.4. The number of rotatable bonds is 6. The predicted molar refractivity (Wildman–Crippen MR) is 223 cm³/mol. The van der Waals surface area contributed by atoms with Gasteiger partial charge in [-0.1, -0.05) is 121 Å². The first-order valence-corrected chi connectivity index (χ1v) is 18.3. The fraction of sp³-hybridized carbons (Fsp3) is 0. The molecule has 254 valence electrons. The summed E-state index contributed by atoms with van der Waals surface area (Å²) >= 11 is 0. The number of furan rings is 2. The smallest absolute Gasteiger partial charge is 0.161 e. The monoisotopic (exact) mass is 692 g/mol. The Kier molecular flexibility index (Phi) is 6.82. The zero-order chi connectivity index (χ0) is 35.6. The van der Waals surface area contributed by atoms with Crippen molar-refractivity contribution in [1.29, 1.82) is 0 Å². The van der Waals surface area contributed by atoms with Crippen LogP contribution in [-0.2, 0) is 0 Å². The van der Waals surface area contributed by atoms with E-state index in [1.54, 1.807) is 0 Å². The zero-order valence-corrected chi connectivity index (χ0v) is 29.2. The predicted octanol–water partition coefficient (Wildman–Crippen LogP) is 14.2. The SMILES string of the molecule is c1ccc(-c2ccc(N(c3cccc(-c4cccc5c4oc4c6ccccc6n(-c6ccccc6)c54)c3)c3cccc4oc5ccccc5c34)cc2)cc1. The van der Waals surface area contributed by atoms with Gasteiger partial charge in [0.25, 0.3) is 0 Å². The number of para-hydroxylation sites is 4. The molecular weight excluding hydrogens is 661 g/mol. The molecule has 4 heteroatoms. The van der Waals surface area contributed by atoms with E-state index in [-0.39, 0.29) is 0 Å². The number of benzene rings is 8. The van der Waals surface area contributed by atoms with Crippen molar-refractivity contribution in [3.63, 3.8) is 0 Å². The van der Waals surface area contributed by atoms with Gasteiger partial charge in [-0.15, -0.1) is 0 Å². The Morgan fingerprint density at radius 1 is 0.407 bits per heavy atom. The number of fused-ring (bicyclic) bond motifs is 8. The minimum atomic E-state index is 0.855. The van der Waals surface area contributed by atoms with Crippen LogP contribution < -0.4 is 4.90 Å². The lowest BCUT2D eigenvalue weighted by Crippen LogP contribution is -2.10. The van der Waals surface area contributed by atoms with Crippen molar-refractivity contribution in [2.24, 2.45) is 0 Å². The molecule has 0 saturated heterocycles. The maximum Gasteiger partial charge on any atom is 0.161 e. The molecular formula is C50H32N2O2. The molecule has 8 aromatic carbocycles. The van der Waals surface area contributed by atoms with E-state index in [2.05, 4.69) is 191 Å². The van der Waals surface area contributed by atoms with Crippen LogP contribution in [0.5, 0.6) is 0 Å². The highest BCUT2D eigenvalue weighted by atomic mass is 16.3. The van der Waals surface area contributed by atoms with Crippen LogP contribution in [0.15, 0.2) is 203 Å². The number of nitrogens with zero attached hydrogens (tertiary/aromatic N) is 2. The molecule has 4 nitrogen and oxygen atoms in total. The van der Waals surface area contributed by atoms with Gasteiger partial charge < -0.3 is 18.3 Å². The van der Waals surface area contributed by atoms with E-state index in [1.165, 1.54) is 11.1 Å². The van der Waals surface area contributed by atoms with Crippen molar-refractivity contribution in [1.82, 2.24) is 4.57 Å². The van der Waals surface area contributed by atoms with Gasteiger partial charge >= 0.3 is 0 Å². The highest BCUT2D eigenvalue weighted by molar-refractivity contribution is 6.19. The minimum absolute atomic E-state index is 0.855. The normalized spacial score (nSPS) is 11.7. The summed E-state index contributed by atoms with van der Waals surface area (Å²) < 4.78 is 15.6. The fourth-order valence-corrected chi connectivity index (χ4v) is 8.18. The van der Waals surface area contributed by atoms with Crippen molar-refractivity contribution in [2.45, 2.75) is 0 Å². The summed E-state index contributed by atoms with van der Waals surface area (Å²) in [5.74, 6) is 0. The topological polar surface area (TPSA) is 34.5 Å². The van der Waals surface area contributed by atoms with Crippen LogP contribution in [0.4, 0.5) is 17.1 Å². The lowest BCUT2D eigenvalue weighted by molar-refractivity contribution is 0.669. The van der Waals surface area contributed by atoms with Crippen LogP contribution in [0.2, 0.25) is 0 Å². The Hall–Kier alpha value is -7.30. The maximum atomic E-state index is 6.93. The van der Waals surface area contributed by atoms with E-state index in [0.29, 0.717) is 0 Å². The van der Waals surface area contributed by atoms with Gasteiger partial charge in [0, 0.05) is 38.8 Å². The molecule has 0 atom stereocenters. The molecule has 0 radical (unpaired) electrons. The lowest BCUT2D eigenvalue weighted by Gasteiger charge is -2.27. The molecule has 0 amide bonds. The van der Waals surface area contributed by atoms with Crippen LogP contribution in [0.1, 0.15) is 0 Å². The minimum Gasteiger partial charge on any atom is -0.456 e.